The summed E-state index contributed by atoms with van der Waals surface area (Å²) in [5, 5.41) is -0.405. The molecular weight excluding hydrogens is 321 g/mol. The molecule has 0 aliphatic carbocycles. The summed E-state index contributed by atoms with van der Waals surface area (Å²) in [6, 6.07) is 3.99. The van der Waals surface area contributed by atoms with Gasteiger partial charge in [0.25, 0.3) is 0 Å². The average Bonchev–Trinajstić information content (AvgIpc) is 2.51. The van der Waals surface area contributed by atoms with Gasteiger partial charge in [0.1, 0.15) is 5.49 Å². The van der Waals surface area contributed by atoms with Crippen LogP contribution in [0.25, 0.3) is 5.57 Å². The van der Waals surface area contributed by atoms with Gasteiger partial charge in [0.2, 0.25) is 5.95 Å². The van der Waals surface area contributed by atoms with Gasteiger partial charge in [0.05, 0.1) is 19.2 Å². The SMILES string of the molecule is [B]C(C)(C)Cc1nc(N)nc(C)c1/C(=C\C)c1ccc(=NC=C)n(C)c1. The molecule has 2 aromatic rings. The topological polar surface area (TPSA) is 69.1 Å². The highest BCUT2D eigenvalue weighted by Gasteiger charge is 2.21. The van der Waals surface area contributed by atoms with Crippen molar-refractivity contribution in [3.63, 3.8) is 0 Å². The quantitative estimate of drug-likeness (QED) is 0.845. The lowest BCUT2D eigenvalue weighted by Crippen LogP contribution is -2.18. The van der Waals surface area contributed by atoms with Gasteiger partial charge in [-0.3, -0.25) is 0 Å². The van der Waals surface area contributed by atoms with Gasteiger partial charge in [-0.1, -0.05) is 31.8 Å². The summed E-state index contributed by atoms with van der Waals surface area (Å²) in [5.74, 6) is 0.270. The molecule has 2 aromatic heterocycles. The molecule has 0 aromatic carbocycles. The molecule has 0 amide bonds. The van der Waals surface area contributed by atoms with Gasteiger partial charge in [0, 0.05) is 25.0 Å². The second-order valence-corrected chi connectivity index (χ2v) is 7.06. The zero-order valence-electron chi connectivity index (χ0n) is 16.2. The van der Waals surface area contributed by atoms with Crippen molar-refractivity contribution >= 4 is 19.4 Å². The Kier molecular flexibility index (Phi) is 5.85. The number of rotatable bonds is 5. The van der Waals surface area contributed by atoms with Crippen LogP contribution in [-0.2, 0) is 13.5 Å². The Morgan fingerprint density at radius 1 is 1.38 bits per heavy atom. The summed E-state index contributed by atoms with van der Waals surface area (Å²) in [4.78, 5) is 13.1. The molecule has 0 saturated heterocycles. The first-order valence-corrected chi connectivity index (χ1v) is 8.56. The van der Waals surface area contributed by atoms with Crippen LogP contribution in [0, 0.1) is 6.92 Å². The third-order valence-electron chi connectivity index (χ3n) is 4.00. The second kappa shape index (κ2) is 7.73. The van der Waals surface area contributed by atoms with Crippen LogP contribution in [-0.4, -0.2) is 22.4 Å². The van der Waals surface area contributed by atoms with E-state index in [1.54, 1.807) is 0 Å². The highest BCUT2D eigenvalue weighted by Crippen LogP contribution is 2.33. The van der Waals surface area contributed by atoms with Crippen molar-refractivity contribution in [1.29, 1.82) is 0 Å². The fourth-order valence-electron chi connectivity index (χ4n) is 3.01. The number of pyridine rings is 1. The first-order chi connectivity index (χ1) is 12.2. The van der Waals surface area contributed by atoms with Crippen LogP contribution in [0.15, 0.2) is 42.2 Å². The molecule has 134 valence electrons. The highest BCUT2D eigenvalue weighted by molar-refractivity contribution is 6.14. The van der Waals surface area contributed by atoms with Crippen molar-refractivity contribution in [1.82, 2.24) is 14.5 Å². The van der Waals surface area contributed by atoms with E-state index in [0.717, 1.165) is 33.6 Å². The lowest BCUT2D eigenvalue weighted by atomic mass is 9.68. The summed E-state index contributed by atoms with van der Waals surface area (Å²) in [6.07, 6.45) is 6.23. The zero-order chi connectivity index (χ0) is 19.5. The van der Waals surface area contributed by atoms with E-state index in [0.29, 0.717) is 6.42 Å². The van der Waals surface area contributed by atoms with Crippen LogP contribution in [0.1, 0.15) is 43.3 Å². The van der Waals surface area contributed by atoms with Gasteiger partial charge in [-0.05, 0) is 43.5 Å². The molecule has 0 fully saturated rings. The smallest absolute Gasteiger partial charge is 0.220 e. The Hall–Kier alpha value is -2.63. The maximum absolute atomic E-state index is 6.25. The maximum Gasteiger partial charge on any atom is 0.220 e. The fourth-order valence-corrected chi connectivity index (χ4v) is 3.01. The van der Waals surface area contributed by atoms with Crippen molar-refractivity contribution in [2.24, 2.45) is 12.0 Å². The summed E-state index contributed by atoms with van der Waals surface area (Å²) < 4.78 is 1.96. The Bertz CT molecular complexity index is 917. The van der Waals surface area contributed by atoms with Crippen LogP contribution in [0.2, 0.25) is 5.31 Å². The molecular formula is C20H26BN5. The van der Waals surface area contributed by atoms with E-state index >= 15 is 0 Å². The zero-order valence-corrected chi connectivity index (χ0v) is 16.2. The molecule has 2 heterocycles. The summed E-state index contributed by atoms with van der Waals surface area (Å²) in [6.45, 7) is 11.6. The molecule has 0 atom stereocenters. The standard InChI is InChI=1S/C20H26BN5/c1-7-15(14-9-10-17(23-8-2)26(6)12-14)18-13(3)24-19(22)25-16(18)11-20(4,5)21/h7-10,12H,2,11H2,1,3-6H3,(H2,22,24,25)/b15-7-,23-17?. The molecule has 0 spiro atoms. The third-order valence-corrected chi connectivity index (χ3v) is 4.00. The molecule has 2 N–H and O–H groups in total. The van der Waals surface area contributed by atoms with Crippen LogP contribution in [0.4, 0.5) is 5.95 Å². The van der Waals surface area contributed by atoms with Gasteiger partial charge in [-0.2, -0.15) is 0 Å². The van der Waals surface area contributed by atoms with Crippen molar-refractivity contribution < 1.29 is 0 Å². The van der Waals surface area contributed by atoms with E-state index in [1.807, 2.05) is 57.6 Å². The van der Waals surface area contributed by atoms with Crippen LogP contribution in [0.3, 0.4) is 0 Å². The third kappa shape index (κ3) is 4.51. The molecule has 2 radical (unpaired) electrons. The van der Waals surface area contributed by atoms with Crippen LogP contribution >= 0.6 is 0 Å². The number of nitrogens with zero attached hydrogens (tertiary/aromatic N) is 4. The first-order valence-electron chi connectivity index (χ1n) is 8.56. The lowest BCUT2D eigenvalue weighted by molar-refractivity contribution is 0.660. The maximum atomic E-state index is 6.25. The number of anilines is 1. The largest absolute Gasteiger partial charge is 0.368 e. The van der Waals surface area contributed by atoms with Crippen molar-refractivity contribution in [3.8, 4) is 0 Å². The molecule has 2 rings (SSSR count). The lowest BCUT2D eigenvalue weighted by Gasteiger charge is -2.22. The van der Waals surface area contributed by atoms with Gasteiger partial charge in [0.15, 0.2) is 0 Å². The van der Waals surface area contributed by atoms with E-state index < -0.39 is 5.31 Å². The molecule has 5 nitrogen and oxygen atoms in total. The van der Waals surface area contributed by atoms with Gasteiger partial charge in [-0.25, -0.2) is 15.0 Å². The highest BCUT2D eigenvalue weighted by atomic mass is 15.0. The number of aromatic nitrogens is 3. The number of aryl methyl sites for hydroxylation is 2. The molecule has 0 bridgehead atoms. The van der Waals surface area contributed by atoms with Gasteiger partial charge < -0.3 is 10.3 Å². The Balaban J connectivity index is 2.67. The molecule has 0 saturated carbocycles. The summed E-state index contributed by atoms with van der Waals surface area (Å²) >= 11 is 0. The predicted molar refractivity (Wildman–Crippen MR) is 109 cm³/mol. The van der Waals surface area contributed by atoms with Gasteiger partial charge >= 0.3 is 0 Å². The molecule has 0 aliphatic heterocycles. The number of nitrogens with two attached hydrogens (primary N) is 1. The van der Waals surface area contributed by atoms with Crippen LogP contribution in [0.5, 0.6) is 0 Å². The van der Waals surface area contributed by atoms with E-state index in [2.05, 4.69) is 27.6 Å². The van der Waals surface area contributed by atoms with Crippen LogP contribution < -0.4 is 11.2 Å². The van der Waals surface area contributed by atoms with Crippen molar-refractivity contribution in [3.05, 3.63) is 65.2 Å². The number of nitrogen functional groups attached to an aromatic ring is 1. The van der Waals surface area contributed by atoms with Crippen molar-refractivity contribution in [2.45, 2.75) is 39.4 Å². The monoisotopic (exact) mass is 347 g/mol. The van der Waals surface area contributed by atoms with Crippen molar-refractivity contribution in [2.75, 3.05) is 5.73 Å². The van der Waals surface area contributed by atoms with E-state index in [-0.39, 0.29) is 5.95 Å². The minimum atomic E-state index is -0.405. The number of allylic oxidation sites excluding steroid dienone is 1. The minimum Gasteiger partial charge on any atom is -0.368 e. The first kappa shape index (κ1) is 19.7. The Labute approximate surface area is 156 Å². The Morgan fingerprint density at radius 2 is 2.08 bits per heavy atom. The molecule has 26 heavy (non-hydrogen) atoms. The minimum absolute atomic E-state index is 0.270. The normalized spacial score (nSPS) is 13.1. The predicted octanol–water partition coefficient (Wildman–Crippen LogP) is 3.11. The average molecular weight is 347 g/mol. The summed E-state index contributed by atoms with van der Waals surface area (Å²) in [7, 11) is 8.20. The number of hydrogen-bond donors (Lipinski definition) is 1. The summed E-state index contributed by atoms with van der Waals surface area (Å²) in [5.41, 5.74) is 11.5. The van der Waals surface area contributed by atoms with E-state index in [1.165, 1.54) is 6.20 Å². The molecule has 0 aliphatic rings. The molecule has 6 heteroatoms. The number of hydrogen-bond acceptors (Lipinski definition) is 4. The van der Waals surface area contributed by atoms with E-state index in [9.17, 15) is 0 Å². The fraction of sp³-hybridized carbons (Fsp3) is 0.350. The Morgan fingerprint density at radius 3 is 2.62 bits per heavy atom. The second-order valence-electron chi connectivity index (χ2n) is 7.06. The molecule has 0 unspecified atom stereocenters. The van der Waals surface area contributed by atoms with Gasteiger partial charge in [-0.15, -0.1) is 0 Å². The van der Waals surface area contributed by atoms with E-state index in [4.69, 9.17) is 13.6 Å².